The number of ether oxygens (including phenoxy) is 5. The van der Waals surface area contributed by atoms with Gasteiger partial charge in [0, 0.05) is 30.7 Å². The first-order chi connectivity index (χ1) is 24.1. The first kappa shape index (κ1) is 36.4. The molecule has 2 N–H and O–H groups in total. The smallest absolute Gasteiger partial charge is 0.245 e. The molecule has 1 saturated heterocycles. The molecule has 3 aromatic rings. The fourth-order valence-electron chi connectivity index (χ4n) is 7.30. The van der Waals surface area contributed by atoms with Crippen molar-refractivity contribution in [2.24, 2.45) is 5.92 Å². The van der Waals surface area contributed by atoms with Crippen molar-refractivity contribution in [1.29, 1.82) is 0 Å². The van der Waals surface area contributed by atoms with Crippen LogP contribution in [0.25, 0.3) is 11.1 Å². The number of hydrogen-bond acceptors (Lipinski definition) is 9. The molecule has 0 saturated carbocycles. The van der Waals surface area contributed by atoms with Gasteiger partial charge in [-0.15, -0.1) is 0 Å². The fourth-order valence-corrected chi connectivity index (χ4v) is 7.30. The lowest BCUT2D eigenvalue weighted by Gasteiger charge is -2.33. The molecule has 0 aromatic heterocycles. The summed E-state index contributed by atoms with van der Waals surface area (Å²) in [7, 11) is 7.92. The Hall–Kier alpha value is -4.93. The number of rotatable bonds is 12. The Labute approximate surface area is 294 Å². The average molecular weight is 688 g/mol. The summed E-state index contributed by atoms with van der Waals surface area (Å²) in [6, 6.07) is 11.5. The molecule has 268 valence electrons. The maximum Gasteiger partial charge on any atom is 0.245 e. The Kier molecular flexibility index (Phi) is 11.4. The summed E-state index contributed by atoms with van der Waals surface area (Å²) in [5, 5.41) is 6.43. The molecule has 50 heavy (non-hydrogen) atoms. The Morgan fingerprint density at radius 2 is 1.62 bits per heavy atom. The van der Waals surface area contributed by atoms with Crippen LogP contribution in [0.5, 0.6) is 28.7 Å². The van der Waals surface area contributed by atoms with Crippen molar-refractivity contribution in [2.45, 2.75) is 71.0 Å². The van der Waals surface area contributed by atoms with Gasteiger partial charge in [-0.25, -0.2) is 0 Å². The van der Waals surface area contributed by atoms with Gasteiger partial charge in [-0.1, -0.05) is 26.3 Å². The Morgan fingerprint density at radius 3 is 2.26 bits per heavy atom. The van der Waals surface area contributed by atoms with Gasteiger partial charge in [-0.2, -0.15) is 0 Å². The molecule has 2 aliphatic rings. The maximum atomic E-state index is 14.5. The van der Waals surface area contributed by atoms with Gasteiger partial charge in [0.25, 0.3) is 0 Å². The minimum Gasteiger partial charge on any atom is -0.497 e. The lowest BCUT2D eigenvalue weighted by molar-refractivity contribution is -0.134. The number of nitrogens with one attached hydrogen (secondary N) is 2. The van der Waals surface area contributed by atoms with Gasteiger partial charge in [-0.3, -0.25) is 14.4 Å². The Bertz CT molecular complexity index is 1790. The van der Waals surface area contributed by atoms with Crippen LogP contribution in [0.2, 0.25) is 0 Å². The van der Waals surface area contributed by atoms with Crippen molar-refractivity contribution in [3.63, 3.8) is 0 Å². The van der Waals surface area contributed by atoms with Crippen LogP contribution in [0.3, 0.4) is 0 Å². The van der Waals surface area contributed by atoms with Crippen molar-refractivity contribution in [3.05, 3.63) is 69.4 Å². The van der Waals surface area contributed by atoms with E-state index >= 15 is 0 Å². The molecule has 2 amide bonds. The molecule has 1 aliphatic carbocycles. The zero-order valence-corrected chi connectivity index (χ0v) is 30.3. The van der Waals surface area contributed by atoms with E-state index in [2.05, 4.69) is 10.6 Å². The van der Waals surface area contributed by atoms with Crippen LogP contribution in [0.4, 0.5) is 5.69 Å². The van der Waals surface area contributed by atoms with Gasteiger partial charge in [0.05, 0.1) is 53.3 Å². The van der Waals surface area contributed by atoms with Crippen LogP contribution in [0, 0.1) is 5.92 Å². The molecule has 1 unspecified atom stereocenters. The predicted molar refractivity (Wildman–Crippen MR) is 193 cm³/mol. The van der Waals surface area contributed by atoms with Gasteiger partial charge < -0.3 is 39.2 Å². The molecule has 11 nitrogen and oxygen atoms in total. The second-order valence-corrected chi connectivity index (χ2v) is 12.9. The molecule has 0 radical (unpaired) electrons. The lowest BCUT2D eigenvalue weighted by atomic mass is 9.95. The van der Waals surface area contributed by atoms with E-state index in [1.807, 2.05) is 49.1 Å². The van der Waals surface area contributed by atoms with E-state index in [-0.39, 0.29) is 34.9 Å². The molecule has 4 atom stereocenters. The third-order valence-electron chi connectivity index (χ3n) is 10.0. The van der Waals surface area contributed by atoms with Crippen LogP contribution in [0.1, 0.15) is 75.2 Å². The SMILES string of the molecule is CC[C@H](C)[C@@H](Nc1ccc2c(cc1=O)[C@H](NC(C)=O)CCc1cc(OC)c(OC)c(OC)c1-2)C(=O)N1CCCC1c1ccc(OC)cc1OC. The molecule has 1 aliphatic heterocycles. The number of fused-ring (bicyclic) bond motifs is 3. The number of anilines is 1. The number of methoxy groups -OCH3 is 5. The molecule has 0 spiro atoms. The molecule has 3 aromatic carbocycles. The molecular weight excluding hydrogens is 638 g/mol. The third-order valence-corrected chi connectivity index (χ3v) is 10.0. The van der Waals surface area contributed by atoms with E-state index in [0.29, 0.717) is 60.1 Å². The minimum absolute atomic E-state index is 0.0767. The highest BCUT2D eigenvalue weighted by Crippen LogP contribution is 2.50. The summed E-state index contributed by atoms with van der Waals surface area (Å²) >= 11 is 0. The molecule has 11 heteroatoms. The topological polar surface area (TPSA) is 125 Å². The number of amides is 2. The third kappa shape index (κ3) is 7.04. The highest BCUT2D eigenvalue weighted by molar-refractivity contribution is 5.87. The standard InChI is InChI=1S/C39H49N3O8/c1-9-22(2)36(39(45)42-18-10-11-31(42)27-14-13-25(46-4)20-33(27)47-5)41-30-17-15-26-28(21-32(30)44)29(40-23(3)43)16-12-24-19-34(48-6)37(49-7)38(50-8)35(24)26/h13-15,17,19-22,29,31,36H,9-12,16,18H2,1-8H3,(H,40,43)(H,41,44)/t22-,29+,31?,36+/m0/s1. The van der Waals surface area contributed by atoms with Gasteiger partial charge in [0.1, 0.15) is 17.5 Å². The Morgan fingerprint density at radius 1 is 0.880 bits per heavy atom. The Balaban J connectivity index is 1.60. The molecular formula is C39H49N3O8. The lowest BCUT2D eigenvalue weighted by Crippen LogP contribution is -2.46. The summed E-state index contributed by atoms with van der Waals surface area (Å²) in [6.45, 7) is 6.11. The molecule has 1 heterocycles. The first-order valence-electron chi connectivity index (χ1n) is 17.2. The highest BCUT2D eigenvalue weighted by atomic mass is 16.5. The normalized spacial score (nSPS) is 17.7. The highest BCUT2D eigenvalue weighted by Gasteiger charge is 2.38. The van der Waals surface area contributed by atoms with Crippen LogP contribution >= 0.6 is 0 Å². The van der Waals surface area contributed by atoms with Gasteiger partial charge >= 0.3 is 0 Å². The zero-order valence-electron chi connectivity index (χ0n) is 30.3. The summed E-state index contributed by atoms with van der Waals surface area (Å²) in [4.78, 5) is 42.9. The largest absolute Gasteiger partial charge is 0.497 e. The predicted octanol–water partition coefficient (Wildman–Crippen LogP) is 6.07. The molecule has 0 bridgehead atoms. The van der Waals surface area contributed by atoms with E-state index in [0.717, 1.165) is 35.1 Å². The van der Waals surface area contributed by atoms with Crippen molar-refractivity contribution in [2.75, 3.05) is 47.4 Å². The summed E-state index contributed by atoms with van der Waals surface area (Å²) in [5.74, 6) is 2.40. The number of nitrogens with zero attached hydrogens (tertiary/aromatic N) is 1. The number of carbonyl (C=O) groups is 2. The number of aryl methyl sites for hydroxylation is 1. The van der Waals surface area contributed by atoms with E-state index in [4.69, 9.17) is 23.7 Å². The zero-order chi connectivity index (χ0) is 36.1. The van der Waals surface area contributed by atoms with Crippen molar-refractivity contribution >= 4 is 17.5 Å². The van der Waals surface area contributed by atoms with E-state index in [1.54, 1.807) is 47.7 Å². The summed E-state index contributed by atoms with van der Waals surface area (Å²) in [5.41, 5.74) is 3.99. The minimum atomic E-state index is -0.669. The number of benzene rings is 2. The number of carbonyl (C=O) groups excluding carboxylic acids is 2. The van der Waals surface area contributed by atoms with Gasteiger partial charge in [0.2, 0.25) is 23.0 Å². The maximum absolute atomic E-state index is 14.5. The van der Waals surface area contributed by atoms with Gasteiger partial charge in [0.15, 0.2) is 11.5 Å². The van der Waals surface area contributed by atoms with E-state index in [9.17, 15) is 14.4 Å². The van der Waals surface area contributed by atoms with Crippen molar-refractivity contribution in [1.82, 2.24) is 10.2 Å². The van der Waals surface area contributed by atoms with E-state index < -0.39 is 12.1 Å². The van der Waals surface area contributed by atoms with Crippen LogP contribution in [0.15, 0.2) is 47.3 Å². The number of likely N-dealkylation sites (tertiary alicyclic amines) is 1. The first-order valence-corrected chi connectivity index (χ1v) is 17.2. The second-order valence-electron chi connectivity index (χ2n) is 12.9. The molecule has 5 rings (SSSR count). The average Bonchev–Trinajstić information content (AvgIpc) is 3.50. The van der Waals surface area contributed by atoms with Crippen LogP contribution in [-0.4, -0.2) is 64.8 Å². The second kappa shape index (κ2) is 15.7. The quantitative estimate of drug-likeness (QED) is 0.234. The monoisotopic (exact) mass is 687 g/mol. The van der Waals surface area contributed by atoms with Crippen LogP contribution in [-0.2, 0) is 16.0 Å². The van der Waals surface area contributed by atoms with Gasteiger partial charge in [-0.05, 0) is 78.6 Å². The molecule has 1 fully saturated rings. The van der Waals surface area contributed by atoms with Crippen molar-refractivity contribution in [3.8, 4) is 39.9 Å². The van der Waals surface area contributed by atoms with E-state index in [1.165, 1.54) is 6.92 Å². The summed E-state index contributed by atoms with van der Waals surface area (Å²) in [6.07, 6.45) is 3.49. The number of hydrogen-bond donors (Lipinski definition) is 2. The fraction of sp³-hybridized carbons (Fsp3) is 0.462. The van der Waals surface area contributed by atoms with Crippen LogP contribution < -0.4 is 39.7 Å². The van der Waals surface area contributed by atoms with Crippen molar-refractivity contribution < 1.29 is 33.3 Å². The summed E-state index contributed by atoms with van der Waals surface area (Å²) < 4.78 is 28.4.